The third kappa shape index (κ3) is 2.89. The first-order valence-corrected chi connectivity index (χ1v) is 9.99. The average Bonchev–Trinajstić information content (AvgIpc) is 2.74. The van der Waals surface area contributed by atoms with E-state index in [2.05, 4.69) is 15.3 Å². The molecule has 0 saturated heterocycles. The van der Waals surface area contributed by atoms with Gasteiger partial charge in [0.25, 0.3) is 5.56 Å². The van der Waals surface area contributed by atoms with Crippen LogP contribution in [-0.4, -0.2) is 20.4 Å². The number of pyridine rings is 1. The molecule has 3 heterocycles. The van der Waals surface area contributed by atoms with Crippen molar-refractivity contribution in [3.8, 4) is 0 Å². The van der Waals surface area contributed by atoms with Gasteiger partial charge in [-0.3, -0.25) is 19.1 Å². The lowest BCUT2D eigenvalue weighted by atomic mass is 9.86. The van der Waals surface area contributed by atoms with E-state index in [0.717, 1.165) is 62.2 Å². The van der Waals surface area contributed by atoms with Crippen LogP contribution in [0.2, 0.25) is 0 Å². The summed E-state index contributed by atoms with van der Waals surface area (Å²) >= 11 is 0. The molecule has 1 aliphatic heterocycles. The van der Waals surface area contributed by atoms with Crippen molar-refractivity contribution in [3.63, 3.8) is 0 Å². The molecule has 1 aliphatic carbocycles. The van der Waals surface area contributed by atoms with Crippen LogP contribution in [0, 0.1) is 0 Å². The smallest absolute Gasteiger partial charge is 0.261 e. The fraction of sp³-hybridized carbons (Fsp3) is 0.364. The number of hydrogen-bond acceptors (Lipinski definition) is 4. The van der Waals surface area contributed by atoms with Crippen molar-refractivity contribution in [2.45, 2.75) is 51.0 Å². The lowest BCUT2D eigenvalue weighted by Gasteiger charge is -2.23. The van der Waals surface area contributed by atoms with Gasteiger partial charge in [-0.25, -0.2) is 4.98 Å². The first-order chi connectivity index (χ1) is 13.7. The zero-order valence-electron chi connectivity index (χ0n) is 15.6. The predicted octanol–water partition coefficient (Wildman–Crippen LogP) is 3.19. The Hall–Kier alpha value is -3.02. The van der Waals surface area contributed by atoms with Gasteiger partial charge in [0.1, 0.15) is 5.82 Å². The van der Waals surface area contributed by atoms with Crippen LogP contribution in [0.3, 0.4) is 0 Å². The van der Waals surface area contributed by atoms with E-state index in [9.17, 15) is 9.59 Å². The first kappa shape index (κ1) is 17.1. The Balaban J connectivity index is 1.47. The molecule has 6 heteroatoms. The number of fused-ring (bicyclic) bond motifs is 3. The number of benzene rings is 1. The molecule has 1 N–H and O–H groups in total. The monoisotopic (exact) mass is 374 g/mol. The maximum atomic E-state index is 12.9. The molecule has 5 rings (SSSR count). The van der Waals surface area contributed by atoms with Crippen LogP contribution in [0.25, 0.3) is 10.9 Å². The molecule has 1 atom stereocenters. The van der Waals surface area contributed by atoms with E-state index in [1.807, 2.05) is 24.3 Å². The maximum absolute atomic E-state index is 12.9. The SMILES string of the molecule is O=C(Nc1ccc2nc3n(c(=O)c2c1)CCCC3)C1CCCc2cccnc21. The number of amides is 1. The van der Waals surface area contributed by atoms with E-state index in [-0.39, 0.29) is 17.4 Å². The van der Waals surface area contributed by atoms with Crippen molar-refractivity contribution in [2.24, 2.45) is 0 Å². The van der Waals surface area contributed by atoms with Gasteiger partial charge in [-0.1, -0.05) is 6.07 Å². The Labute approximate surface area is 162 Å². The van der Waals surface area contributed by atoms with Crippen LogP contribution in [0.15, 0.2) is 41.3 Å². The fourth-order valence-electron chi connectivity index (χ4n) is 4.41. The van der Waals surface area contributed by atoms with Gasteiger partial charge in [-0.2, -0.15) is 0 Å². The molecule has 3 aromatic rings. The van der Waals surface area contributed by atoms with Crippen molar-refractivity contribution in [2.75, 3.05) is 5.32 Å². The molecule has 1 unspecified atom stereocenters. The molecule has 0 fully saturated rings. The largest absolute Gasteiger partial charge is 0.325 e. The highest BCUT2D eigenvalue weighted by molar-refractivity contribution is 5.97. The lowest BCUT2D eigenvalue weighted by molar-refractivity contribution is -0.118. The van der Waals surface area contributed by atoms with E-state index in [0.29, 0.717) is 16.6 Å². The van der Waals surface area contributed by atoms with Crippen molar-refractivity contribution in [1.82, 2.24) is 14.5 Å². The summed E-state index contributed by atoms with van der Waals surface area (Å²) in [5.41, 5.74) is 3.35. The molecule has 2 aromatic heterocycles. The van der Waals surface area contributed by atoms with Crippen LogP contribution in [-0.2, 0) is 24.2 Å². The van der Waals surface area contributed by atoms with E-state index in [1.165, 1.54) is 0 Å². The molecule has 1 aromatic carbocycles. The summed E-state index contributed by atoms with van der Waals surface area (Å²) in [4.78, 5) is 34.9. The minimum absolute atomic E-state index is 0.0134. The summed E-state index contributed by atoms with van der Waals surface area (Å²) in [6, 6.07) is 9.38. The van der Waals surface area contributed by atoms with Crippen LogP contribution in [0.1, 0.15) is 48.7 Å². The van der Waals surface area contributed by atoms with Crippen molar-refractivity contribution in [3.05, 3.63) is 64.0 Å². The van der Waals surface area contributed by atoms with Crippen LogP contribution in [0.4, 0.5) is 5.69 Å². The molecular weight excluding hydrogens is 352 g/mol. The van der Waals surface area contributed by atoms with Crippen molar-refractivity contribution >= 4 is 22.5 Å². The molecule has 0 spiro atoms. The number of nitrogens with one attached hydrogen (secondary N) is 1. The predicted molar refractivity (Wildman–Crippen MR) is 107 cm³/mol. The number of carbonyl (C=O) groups is 1. The number of hydrogen-bond donors (Lipinski definition) is 1. The fourth-order valence-corrected chi connectivity index (χ4v) is 4.41. The molecule has 0 bridgehead atoms. The topological polar surface area (TPSA) is 76.9 Å². The summed E-state index contributed by atoms with van der Waals surface area (Å²) in [5.74, 6) is 0.554. The molecule has 6 nitrogen and oxygen atoms in total. The molecule has 1 amide bonds. The van der Waals surface area contributed by atoms with Gasteiger partial charge in [0.2, 0.25) is 5.91 Å². The van der Waals surface area contributed by atoms with Gasteiger partial charge in [0.15, 0.2) is 0 Å². The zero-order valence-corrected chi connectivity index (χ0v) is 15.6. The van der Waals surface area contributed by atoms with E-state index >= 15 is 0 Å². The van der Waals surface area contributed by atoms with E-state index in [4.69, 9.17) is 0 Å². The average molecular weight is 374 g/mol. The van der Waals surface area contributed by atoms with Gasteiger partial charge >= 0.3 is 0 Å². The normalized spacial score (nSPS) is 18.4. The zero-order chi connectivity index (χ0) is 19.1. The first-order valence-electron chi connectivity index (χ1n) is 9.99. The highest BCUT2D eigenvalue weighted by atomic mass is 16.2. The Kier molecular flexibility index (Phi) is 4.19. The molecular formula is C22H22N4O2. The van der Waals surface area contributed by atoms with Gasteiger partial charge in [-0.15, -0.1) is 0 Å². The molecule has 0 saturated carbocycles. The summed E-state index contributed by atoms with van der Waals surface area (Å²) in [5, 5.41) is 3.56. The second-order valence-electron chi connectivity index (χ2n) is 7.66. The number of aromatic nitrogens is 3. The number of carbonyl (C=O) groups excluding carboxylic acids is 1. The Morgan fingerprint density at radius 2 is 2.07 bits per heavy atom. The van der Waals surface area contributed by atoms with Gasteiger partial charge in [0.05, 0.1) is 22.5 Å². The summed E-state index contributed by atoms with van der Waals surface area (Å²) in [6.45, 7) is 0.720. The van der Waals surface area contributed by atoms with Crippen LogP contribution < -0.4 is 10.9 Å². The highest BCUT2D eigenvalue weighted by Gasteiger charge is 2.27. The summed E-state index contributed by atoms with van der Waals surface area (Å²) in [6.07, 6.45) is 7.41. The molecule has 28 heavy (non-hydrogen) atoms. The van der Waals surface area contributed by atoms with Crippen molar-refractivity contribution in [1.29, 1.82) is 0 Å². The van der Waals surface area contributed by atoms with Crippen molar-refractivity contribution < 1.29 is 4.79 Å². The number of nitrogens with zero attached hydrogens (tertiary/aromatic N) is 3. The quantitative estimate of drug-likeness (QED) is 0.747. The van der Waals surface area contributed by atoms with Gasteiger partial charge < -0.3 is 5.32 Å². The molecule has 0 radical (unpaired) electrons. The number of anilines is 1. The second-order valence-corrected chi connectivity index (χ2v) is 7.66. The van der Waals surface area contributed by atoms with Gasteiger partial charge in [-0.05, 0) is 61.9 Å². The third-order valence-electron chi connectivity index (χ3n) is 5.84. The Morgan fingerprint density at radius 1 is 1.14 bits per heavy atom. The van der Waals surface area contributed by atoms with E-state index in [1.54, 1.807) is 16.8 Å². The third-order valence-corrected chi connectivity index (χ3v) is 5.84. The maximum Gasteiger partial charge on any atom is 0.261 e. The standard InChI is InChI=1S/C22H22N4O2/c27-21(16-7-3-5-14-6-4-11-23-20(14)16)24-15-9-10-18-17(13-15)22(28)26-12-2-1-8-19(26)25-18/h4,6,9-11,13,16H,1-3,5,7-8,12H2,(H,24,27). The Morgan fingerprint density at radius 3 is 3.00 bits per heavy atom. The van der Waals surface area contributed by atoms with Crippen LogP contribution >= 0.6 is 0 Å². The van der Waals surface area contributed by atoms with E-state index < -0.39 is 0 Å². The Bertz CT molecular complexity index is 1140. The minimum Gasteiger partial charge on any atom is -0.325 e. The molecule has 142 valence electrons. The second kappa shape index (κ2) is 6.86. The minimum atomic E-state index is -0.247. The van der Waals surface area contributed by atoms with Crippen LogP contribution in [0.5, 0.6) is 0 Å². The molecule has 2 aliphatic rings. The summed E-state index contributed by atoms with van der Waals surface area (Å²) < 4.78 is 1.78. The highest BCUT2D eigenvalue weighted by Crippen LogP contribution is 2.31. The van der Waals surface area contributed by atoms with Gasteiger partial charge in [0, 0.05) is 24.8 Å². The summed E-state index contributed by atoms with van der Waals surface area (Å²) in [7, 11) is 0. The lowest BCUT2D eigenvalue weighted by Crippen LogP contribution is -2.28. The number of rotatable bonds is 2. The number of aryl methyl sites for hydroxylation is 2.